The maximum absolute atomic E-state index is 10.5. The normalized spacial score (nSPS) is 26.4. The Bertz CT molecular complexity index is 583. The van der Waals surface area contributed by atoms with E-state index >= 15 is 0 Å². The molecular weight excluding hydrogens is 260 g/mol. The van der Waals surface area contributed by atoms with Crippen LogP contribution in [0.1, 0.15) is 64.0 Å². The van der Waals surface area contributed by atoms with Gasteiger partial charge in [-0.15, -0.1) is 0 Å². The Morgan fingerprint density at radius 3 is 2.81 bits per heavy atom. The van der Waals surface area contributed by atoms with Crippen LogP contribution >= 0.6 is 0 Å². The molecule has 1 aliphatic carbocycles. The zero-order chi connectivity index (χ0) is 15.2. The summed E-state index contributed by atoms with van der Waals surface area (Å²) in [5.41, 5.74) is 3.42. The van der Waals surface area contributed by atoms with E-state index in [0.29, 0.717) is 11.7 Å². The number of fused-ring (bicyclic) bond motifs is 3. The highest BCUT2D eigenvalue weighted by atomic mass is 16.5. The molecule has 0 bridgehead atoms. The number of phenolic OH excluding ortho intramolecular Hbond substituents is 1. The average molecular weight is 286 g/mol. The monoisotopic (exact) mass is 286 g/mol. The number of hydrogen-bond donors (Lipinski definition) is 1. The Balaban J connectivity index is 2.13. The van der Waals surface area contributed by atoms with E-state index in [0.717, 1.165) is 37.0 Å². The first-order valence-corrected chi connectivity index (χ1v) is 8.14. The van der Waals surface area contributed by atoms with Crippen molar-refractivity contribution < 1.29 is 9.84 Å². The smallest absolute Gasteiger partial charge is 0.127 e. The van der Waals surface area contributed by atoms with E-state index in [1.165, 1.54) is 11.1 Å². The van der Waals surface area contributed by atoms with Crippen molar-refractivity contribution in [3.8, 4) is 11.5 Å². The van der Waals surface area contributed by atoms with Crippen molar-refractivity contribution in [1.29, 1.82) is 0 Å². The van der Waals surface area contributed by atoms with E-state index in [4.69, 9.17) is 4.74 Å². The fourth-order valence-corrected chi connectivity index (χ4v) is 4.01. The molecule has 21 heavy (non-hydrogen) atoms. The number of aryl methyl sites for hydroxylation is 1. The lowest BCUT2D eigenvalue weighted by Gasteiger charge is -2.46. The van der Waals surface area contributed by atoms with Crippen LogP contribution in [0.15, 0.2) is 23.8 Å². The molecule has 1 unspecified atom stereocenters. The van der Waals surface area contributed by atoms with Crippen molar-refractivity contribution >= 4 is 0 Å². The lowest BCUT2D eigenvalue weighted by atomic mass is 9.68. The molecule has 0 saturated carbocycles. The number of benzene rings is 1. The predicted molar refractivity (Wildman–Crippen MR) is 86.0 cm³/mol. The van der Waals surface area contributed by atoms with Gasteiger partial charge in [0, 0.05) is 17.4 Å². The molecule has 1 aromatic carbocycles. The number of aromatic hydroxyl groups is 1. The quantitative estimate of drug-likeness (QED) is 0.779. The number of ether oxygens (including phenoxy) is 1. The van der Waals surface area contributed by atoms with Crippen molar-refractivity contribution in [2.24, 2.45) is 5.92 Å². The van der Waals surface area contributed by atoms with Crippen LogP contribution in [0.25, 0.3) is 0 Å². The number of phenols is 1. The highest BCUT2D eigenvalue weighted by Crippen LogP contribution is 2.53. The number of hydrogen-bond acceptors (Lipinski definition) is 2. The van der Waals surface area contributed by atoms with Crippen molar-refractivity contribution in [2.45, 2.75) is 64.9 Å². The molecule has 3 rings (SSSR count). The van der Waals surface area contributed by atoms with Crippen molar-refractivity contribution in [2.75, 3.05) is 0 Å². The van der Waals surface area contributed by atoms with Gasteiger partial charge in [0.1, 0.15) is 17.1 Å². The fraction of sp³-hybridized carbons (Fsp3) is 0.579. The van der Waals surface area contributed by atoms with Crippen LogP contribution in [0.3, 0.4) is 0 Å². The van der Waals surface area contributed by atoms with Crippen LogP contribution in [-0.4, -0.2) is 10.7 Å². The third-order valence-electron chi connectivity index (χ3n) is 5.07. The summed E-state index contributed by atoms with van der Waals surface area (Å²) in [5.74, 6) is 2.02. The average Bonchev–Trinajstić information content (AvgIpc) is 2.37. The Morgan fingerprint density at radius 2 is 2.10 bits per heavy atom. The second-order valence-corrected chi connectivity index (χ2v) is 7.17. The first kappa shape index (κ1) is 14.5. The molecule has 2 heteroatoms. The minimum Gasteiger partial charge on any atom is -0.507 e. The second kappa shape index (κ2) is 5.08. The summed E-state index contributed by atoms with van der Waals surface area (Å²) in [6.07, 6.45) is 6.67. The molecule has 0 saturated heterocycles. The zero-order valence-corrected chi connectivity index (χ0v) is 13.6. The standard InChI is InChI=1S/C19H26O2/c1-5-6-13-10-16(20)18-14-9-12(2)7-8-15(14)19(3,4)21-17(18)11-13/h9-11,14-15,20H,5-8H2,1-4H3/t14-,15?/m1/s1. The predicted octanol–water partition coefficient (Wildman–Crippen LogP) is 4.96. The Hall–Kier alpha value is -1.44. The van der Waals surface area contributed by atoms with Crippen LogP contribution in [-0.2, 0) is 6.42 Å². The minimum atomic E-state index is -0.174. The molecule has 0 aromatic heterocycles. The van der Waals surface area contributed by atoms with Crippen molar-refractivity contribution in [3.63, 3.8) is 0 Å². The maximum atomic E-state index is 10.5. The third-order valence-corrected chi connectivity index (χ3v) is 5.07. The molecular formula is C19H26O2. The summed E-state index contributed by atoms with van der Waals surface area (Å²) >= 11 is 0. The molecule has 1 N–H and O–H groups in total. The van der Waals surface area contributed by atoms with Gasteiger partial charge in [-0.1, -0.05) is 25.0 Å². The zero-order valence-electron chi connectivity index (χ0n) is 13.6. The van der Waals surface area contributed by atoms with Crippen molar-refractivity contribution in [3.05, 3.63) is 34.9 Å². The largest absolute Gasteiger partial charge is 0.507 e. The first-order valence-electron chi connectivity index (χ1n) is 8.14. The maximum Gasteiger partial charge on any atom is 0.127 e. The SMILES string of the molecule is CCCc1cc(O)c2c(c1)OC(C)(C)C1CCC(C)=C[C@@H]21. The van der Waals surface area contributed by atoms with E-state index in [2.05, 4.69) is 39.8 Å². The van der Waals surface area contributed by atoms with Gasteiger partial charge in [-0.3, -0.25) is 0 Å². The van der Waals surface area contributed by atoms with Gasteiger partial charge in [0.25, 0.3) is 0 Å². The Labute approximate surface area is 127 Å². The molecule has 0 spiro atoms. The summed E-state index contributed by atoms with van der Waals surface area (Å²) in [6.45, 7) is 8.72. The summed E-state index contributed by atoms with van der Waals surface area (Å²) < 4.78 is 6.30. The van der Waals surface area contributed by atoms with Gasteiger partial charge in [-0.05, 0) is 57.7 Å². The molecule has 0 radical (unpaired) electrons. The van der Waals surface area contributed by atoms with Gasteiger partial charge < -0.3 is 9.84 Å². The van der Waals surface area contributed by atoms with E-state index < -0.39 is 0 Å². The van der Waals surface area contributed by atoms with E-state index in [-0.39, 0.29) is 11.5 Å². The van der Waals surface area contributed by atoms with E-state index in [1.54, 1.807) is 0 Å². The van der Waals surface area contributed by atoms with Gasteiger partial charge >= 0.3 is 0 Å². The molecule has 1 heterocycles. The lowest BCUT2D eigenvalue weighted by Crippen LogP contribution is -2.45. The van der Waals surface area contributed by atoms with E-state index in [1.807, 2.05) is 6.07 Å². The molecule has 1 aliphatic heterocycles. The number of rotatable bonds is 2. The van der Waals surface area contributed by atoms with E-state index in [9.17, 15) is 5.11 Å². The molecule has 1 aromatic rings. The summed E-state index contributed by atoms with van der Waals surface area (Å²) in [4.78, 5) is 0. The topological polar surface area (TPSA) is 29.5 Å². The van der Waals surface area contributed by atoms with Crippen LogP contribution < -0.4 is 4.74 Å². The summed E-state index contributed by atoms with van der Waals surface area (Å²) in [5, 5.41) is 10.5. The highest BCUT2D eigenvalue weighted by molar-refractivity contribution is 5.53. The highest BCUT2D eigenvalue weighted by Gasteiger charge is 2.45. The molecule has 2 nitrogen and oxygen atoms in total. The second-order valence-electron chi connectivity index (χ2n) is 7.17. The van der Waals surface area contributed by atoms with Gasteiger partial charge in [-0.25, -0.2) is 0 Å². The molecule has 0 amide bonds. The number of allylic oxidation sites excluding steroid dienone is 2. The van der Waals surface area contributed by atoms with Gasteiger partial charge in [0.05, 0.1) is 0 Å². The molecule has 2 atom stereocenters. The first-order chi connectivity index (χ1) is 9.92. The Morgan fingerprint density at radius 1 is 1.33 bits per heavy atom. The minimum absolute atomic E-state index is 0.174. The van der Waals surface area contributed by atoms with Crippen LogP contribution in [0.2, 0.25) is 0 Å². The van der Waals surface area contributed by atoms with Gasteiger partial charge in [-0.2, -0.15) is 0 Å². The van der Waals surface area contributed by atoms with Crippen molar-refractivity contribution in [1.82, 2.24) is 0 Å². The van der Waals surface area contributed by atoms with Crippen LogP contribution in [0.4, 0.5) is 0 Å². The fourth-order valence-electron chi connectivity index (χ4n) is 4.01. The van der Waals surface area contributed by atoms with Crippen LogP contribution in [0.5, 0.6) is 11.5 Å². The molecule has 114 valence electrons. The summed E-state index contributed by atoms with van der Waals surface area (Å²) in [7, 11) is 0. The third kappa shape index (κ3) is 2.45. The Kier molecular flexibility index (Phi) is 3.51. The molecule has 2 aliphatic rings. The lowest BCUT2D eigenvalue weighted by molar-refractivity contribution is 0.0107. The van der Waals surface area contributed by atoms with Gasteiger partial charge in [0.15, 0.2) is 0 Å². The summed E-state index contributed by atoms with van der Waals surface area (Å²) in [6, 6.07) is 4.06. The van der Waals surface area contributed by atoms with Gasteiger partial charge in [0.2, 0.25) is 0 Å². The van der Waals surface area contributed by atoms with Crippen LogP contribution in [0, 0.1) is 5.92 Å². The molecule has 0 fully saturated rings.